The van der Waals surface area contributed by atoms with Crippen LogP contribution in [0.25, 0.3) is 0 Å². The molecule has 0 spiro atoms. The maximum atomic E-state index is 10.5. The molecular weight excluding hydrogens is 735 g/mol. The van der Waals surface area contributed by atoms with Crippen LogP contribution >= 0.6 is 11.3 Å². The van der Waals surface area contributed by atoms with Crippen LogP contribution in [0.15, 0.2) is 156 Å². The fourth-order valence-corrected chi connectivity index (χ4v) is 3.91. The van der Waals surface area contributed by atoms with E-state index in [1.165, 1.54) is 27.7 Å². The van der Waals surface area contributed by atoms with E-state index in [-0.39, 0.29) is 15.7 Å². The normalized spacial score (nSPS) is 9.36. The van der Waals surface area contributed by atoms with E-state index in [1.54, 1.807) is 43.9 Å². The lowest BCUT2D eigenvalue weighted by Gasteiger charge is -2.12. The molecule has 7 aromatic rings. The molecule has 306 valence electrons. The zero-order chi connectivity index (χ0) is 42.7. The predicted molar refractivity (Wildman–Crippen MR) is 272 cm³/mol. The van der Waals surface area contributed by atoms with E-state index < -0.39 is 0 Å². The fourth-order valence-electron chi connectivity index (χ4n) is 3.52. The highest BCUT2D eigenvalue weighted by Gasteiger charge is 1.99. The predicted octanol–water partition coefficient (Wildman–Crippen LogP) is -0.585. The van der Waals surface area contributed by atoms with Gasteiger partial charge in [0, 0.05) is 27.6 Å². The number of methoxy groups -OCH3 is 3. The van der Waals surface area contributed by atoms with Crippen LogP contribution < -0.4 is 56.1 Å². The number of para-hydroxylation sites is 1. The number of nitrogens with zero attached hydrogens (tertiary/aromatic N) is 1. The lowest BCUT2D eigenvalue weighted by Crippen LogP contribution is -2.10. The van der Waals surface area contributed by atoms with Gasteiger partial charge in [-0.25, -0.2) is 21.9 Å². The molecule has 7 rings (SSSR count). The smallest absolute Gasteiger partial charge is 0.160 e. The Bertz CT molecular complexity index is 2090. The number of thiophene rings is 1. The van der Waals surface area contributed by atoms with Gasteiger partial charge in [0.05, 0.1) is 27.6 Å². The largest absolute Gasteiger partial charge is 0.512 e. The summed E-state index contributed by atoms with van der Waals surface area (Å²) in [5.74, 6) is 4.23. The molecule has 0 aliphatic rings. The van der Waals surface area contributed by atoms with Crippen molar-refractivity contribution >= 4 is 103 Å². The summed E-state index contributed by atoms with van der Waals surface area (Å²) in [5, 5.41) is 2.14. The second-order valence-electron chi connectivity index (χ2n) is 9.85. The topological polar surface area (TPSA) is 70.4 Å². The molecule has 0 unspecified atom stereocenters. The molecule has 0 N–H and O–H groups in total. The summed E-state index contributed by atoms with van der Waals surface area (Å²) in [5.41, 5.74) is 9.00. The van der Waals surface area contributed by atoms with Gasteiger partial charge in [0.2, 0.25) is 0 Å². The summed E-state index contributed by atoms with van der Waals surface area (Å²) in [6.45, 7) is 0. The van der Waals surface area contributed by atoms with Crippen LogP contribution in [-0.2, 0) is 0 Å². The minimum atomic E-state index is 0.104. The van der Waals surface area contributed by atoms with Crippen LogP contribution in [0.4, 0.5) is 5.69 Å². The number of hydrogen-bond acceptors (Lipinski definition) is 8. The average Bonchev–Trinajstić information content (AvgIpc) is 3.94. The molecule has 0 radical (unpaired) electrons. The second-order valence-corrected chi connectivity index (χ2v) is 10.6. The van der Waals surface area contributed by atoms with E-state index in [9.17, 15) is 4.79 Å². The summed E-state index contributed by atoms with van der Waals surface area (Å²) in [6.07, 6.45) is 2.62. The molecule has 0 atom stereocenters. The average molecular weight is 795 g/mol. The molecule has 14 heteroatoms. The van der Waals surface area contributed by atoms with Gasteiger partial charge in [0.25, 0.3) is 0 Å². The Morgan fingerprint density at radius 1 is 0.569 bits per heavy atom. The van der Waals surface area contributed by atoms with Crippen LogP contribution in [0.5, 0.6) is 28.7 Å². The fraction of sp³-hybridized carbons (Fsp3) is 0.114. The highest BCUT2D eigenvalue weighted by Crippen LogP contribution is 2.23. The van der Waals surface area contributed by atoms with Crippen molar-refractivity contribution in [3.05, 3.63) is 157 Å². The number of hydrogen-bond donors (Lipinski definition) is 0. The van der Waals surface area contributed by atoms with Crippen molar-refractivity contribution in [3.8, 4) is 28.7 Å². The molecule has 0 aliphatic heterocycles. The first kappa shape index (κ1) is 48.3. The van der Waals surface area contributed by atoms with Gasteiger partial charge in [-0.1, -0.05) is 84.5 Å². The Balaban J connectivity index is 0.000000245. The van der Waals surface area contributed by atoms with Gasteiger partial charge in [-0.05, 0) is 111 Å². The number of rotatable bonds is 7. The van der Waals surface area contributed by atoms with E-state index in [4.69, 9.17) is 23.4 Å². The van der Waals surface area contributed by atoms with Crippen molar-refractivity contribution in [2.24, 2.45) is 0 Å². The summed E-state index contributed by atoms with van der Waals surface area (Å²) >= 11 is 1.89. The number of carbonyl (C=O) groups is 1. The van der Waals surface area contributed by atoms with Crippen molar-refractivity contribution in [3.63, 3.8) is 0 Å². The molecule has 0 saturated carbocycles. The molecule has 7 nitrogen and oxygen atoms in total. The molecule has 2 heterocycles. The molecular formula is C44H59B6NO6S-6. The molecule has 58 heavy (non-hydrogen) atoms. The molecule has 0 bridgehead atoms. The lowest BCUT2D eigenvalue weighted by molar-refractivity contribution is 0.112. The van der Waals surface area contributed by atoms with Gasteiger partial charge in [-0.3, -0.25) is 4.79 Å². The van der Waals surface area contributed by atoms with Gasteiger partial charge in [-0.2, -0.15) is 16.1 Å². The minimum absolute atomic E-state index is 0.104. The van der Waals surface area contributed by atoms with Gasteiger partial charge in [0.1, 0.15) is 23.5 Å². The Kier molecular flexibility index (Phi) is 23.1. The third kappa shape index (κ3) is 19.8. The third-order valence-corrected chi connectivity index (χ3v) is 6.59. The maximum Gasteiger partial charge on any atom is 0.160 e. The number of ether oxygens (including phenoxy) is 4. The highest BCUT2D eigenvalue weighted by molar-refractivity contribution is 7.18. The number of aldehydes is 1. The van der Waals surface area contributed by atoms with Crippen LogP contribution in [0.3, 0.4) is 0 Å². The standard InChI is InChI=1S/C12H12BO.C8H13BN.C8H12BO2.C8H10BO2.C4H6BO.C4H6BS/c13-10-6-8-12(9-7-10)14-11-4-2-1-3-5-11;1-10(2)8-5-3-7(9)4-6-8;1-10-7-4-3-6(9)5-8(7)11-2;1-11-7-2-3-8(9)6(4-7)5-10;2*5-4-2-1-3-6-4/h1-9H,13H3;3-6H,1-2,9H3;3-5H,1-2,9H3;2-5H,1,9H3;2*1-3H,5H3/q6*-1. The van der Waals surface area contributed by atoms with Crippen molar-refractivity contribution < 1.29 is 28.2 Å². The van der Waals surface area contributed by atoms with Crippen molar-refractivity contribution in [1.29, 1.82) is 0 Å². The Morgan fingerprint density at radius 3 is 1.60 bits per heavy atom. The SMILES string of the molecule is [BH3-]c1ccc(N(C)C)cc1.[BH3-]c1ccc(OC)c(OC)c1.[BH3-]c1ccc(OC)cc1C=O.[BH3-]c1ccc(Oc2ccccc2)cc1.[BH3-]c1ccco1.[BH3-]c1cccs1. The van der Waals surface area contributed by atoms with Crippen LogP contribution in [0.1, 0.15) is 10.4 Å². The molecule has 0 fully saturated rings. The van der Waals surface area contributed by atoms with Gasteiger partial charge in [-0.15, -0.1) is 0 Å². The Morgan fingerprint density at radius 2 is 1.16 bits per heavy atom. The Labute approximate surface area is 355 Å². The first-order chi connectivity index (χ1) is 27.9. The van der Waals surface area contributed by atoms with E-state index >= 15 is 0 Å². The second kappa shape index (κ2) is 27.7. The van der Waals surface area contributed by atoms with Crippen molar-refractivity contribution in [2.75, 3.05) is 40.3 Å². The molecule has 0 saturated heterocycles. The lowest BCUT2D eigenvalue weighted by atomic mass is 9.91. The van der Waals surface area contributed by atoms with Crippen molar-refractivity contribution in [1.82, 2.24) is 0 Å². The molecule has 5 aromatic carbocycles. The number of benzene rings is 5. The summed E-state index contributed by atoms with van der Waals surface area (Å²) in [6, 6.07) is 47.1. The van der Waals surface area contributed by atoms with Crippen LogP contribution in [-0.4, -0.2) is 88.8 Å². The zero-order valence-corrected chi connectivity index (χ0v) is 30.6. The zero-order valence-electron chi connectivity index (χ0n) is 29.8. The molecule has 2 aromatic heterocycles. The minimum Gasteiger partial charge on any atom is -0.512 e. The monoisotopic (exact) mass is 795 g/mol. The van der Waals surface area contributed by atoms with E-state index in [0.717, 1.165) is 40.6 Å². The van der Waals surface area contributed by atoms with Gasteiger partial charge < -0.3 is 28.3 Å². The number of anilines is 1. The van der Waals surface area contributed by atoms with E-state index in [0.29, 0.717) is 31.4 Å². The van der Waals surface area contributed by atoms with E-state index in [1.807, 2.05) is 84.1 Å². The van der Waals surface area contributed by atoms with Gasteiger partial charge in [0.15, 0.2) is 11.5 Å². The Hall–Kier alpha value is -5.86. The van der Waals surface area contributed by atoms with Crippen LogP contribution in [0, 0.1) is 0 Å². The highest BCUT2D eigenvalue weighted by atomic mass is 32.1. The first-order valence-corrected chi connectivity index (χ1v) is 16.6. The summed E-state index contributed by atoms with van der Waals surface area (Å²) in [7, 11) is 10.9. The van der Waals surface area contributed by atoms with Gasteiger partial charge >= 0.3 is 0 Å². The number of furan rings is 1. The van der Waals surface area contributed by atoms with E-state index in [2.05, 4.69) is 85.0 Å². The summed E-state index contributed by atoms with van der Waals surface area (Å²) < 4.78 is 27.4. The molecule has 0 amide bonds. The quantitative estimate of drug-likeness (QED) is 0.158. The number of carbonyl (C=O) groups excluding carboxylic acids is 1. The first-order valence-electron chi connectivity index (χ1n) is 15.7. The summed E-state index contributed by atoms with van der Waals surface area (Å²) in [4.78, 5) is 12.6. The maximum absolute atomic E-state index is 10.5. The van der Waals surface area contributed by atoms with Crippen molar-refractivity contribution in [2.45, 2.75) is 0 Å². The molecule has 0 aliphatic carbocycles. The third-order valence-electron chi connectivity index (χ3n) is 6.03. The van der Waals surface area contributed by atoms with Crippen LogP contribution in [0.2, 0.25) is 0 Å².